The Bertz CT molecular complexity index is 682. The first kappa shape index (κ1) is 20.9. The van der Waals surface area contributed by atoms with Crippen LogP contribution in [0.1, 0.15) is 32.8 Å². The molecule has 0 saturated carbocycles. The van der Waals surface area contributed by atoms with Crippen LogP contribution in [-0.4, -0.2) is 48.4 Å². The number of ether oxygens (including phenoxy) is 3. The summed E-state index contributed by atoms with van der Waals surface area (Å²) in [5.41, 5.74) is -1.53. The maximum absolute atomic E-state index is 12.6. The Kier molecular flexibility index (Phi) is 5.91. The third kappa shape index (κ3) is 5.51. The summed E-state index contributed by atoms with van der Waals surface area (Å²) in [5.74, 6) is -0.401. The summed E-state index contributed by atoms with van der Waals surface area (Å²) >= 11 is 0. The van der Waals surface area contributed by atoms with Gasteiger partial charge >= 0.3 is 18.2 Å². The van der Waals surface area contributed by atoms with Gasteiger partial charge in [0.2, 0.25) is 0 Å². The van der Waals surface area contributed by atoms with E-state index >= 15 is 0 Å². The first-order valence-electron chi connectivity index (χ1n) is 8.32. The van der Waals surface area contributed by atoms with Crippen molar-refractivity contribution < 1.29 is 37.0 Å². The fourth-order valence-electron chi connectivity index (χ4n) is 2.68. The van der Waals surface area contributed by atoms with E-state index in [1.54, 1.807) is 20.8 Å². The molecule has 150 valence electrons. The van der Waals surface area contributed by atoms with Crippen LogP contribution in [-0.2, 0) is 20.4 Å². The number of halogens is 3. The number of benzene rings is 1. The van der Waals surface area contributed by atoms with E-state index in [0.29, 0.717) is 0 Å². The summed E-state index contributed by atoms with van der Waals surface area (Å²) in [4.78, 5) is 25.6. The van der Waals surface area contributed by atoms with Gasteiger partial charge in [-0.05, 0) is 45.0 Å². The molecule has 1 heterocycles. The van der Waals surface area contributed by atoms with Crippen molar-refractivity contribution >= 4 is 12.1 Å². The summed E-state index contributed by atoms with van der Waals surface area (Å²) in [7, 11) is 1.21. The molecule has 0 N–H and O–H groups in total. The van der Waals surface area contributed by atoms with Crippen LogP contribution < -0.4 is 4.74 Å². The average Bonchev–Trinajstić information content (AvgIpc) is 2.96. The second kappa shape index (κ2) is 7.66. The van der Waals surface area contributed by atoms with Crippen LogP contribution in [0.3, 0.4) is 0 Å². The lowest BCUT2D eigenvalue weighted by molar-refractivity contribution is -0.145. The van der Waals surface area contributed by atoms with Gasteiger partial charge < -0.3 is 14.2 Å². The van der Waals surface area contributed by atoms with Gasteiger partial charge in [-0.25, -0.2) is 9.59 Å². The topological polar surface area (TPSA) is 65.1 Å². The molecule has 0 bridgehead atoms. The molecular formula is C18H22F3NO5. The molecule has 1 fully saturated rings. The minimum absolute atomic E-state index is 0.0513. The lowest BCUT2D eigenvalue weighted by atomic mass is 10.2. The molecule has 1 saturated heterocycles. The van der Waals surface area contributed by atoms with Crippen molar-refractivity contribution in [3.8, 4) is 5.75 Å². The summed E-state index contributed by atoms with van der Waals surface area (Å²) in [6.45, 7) is 5.15. The highest BCUT2D eigenvalue weighted by Gasteiger charge is 2.43. The highest BCUT2D eigenvalue weighted by Crippen LogP contribution is 2.31. The molecule has 6 nitrogen and oxygen atoms in total. The Morgan fingerprint density at radius 1 is 1.11 bits per heavy atom. The zero-order chi connectivity index (χ0) is 20.4. The van der Waals surface area contributed by atoms with Crippen molar-refractivity contribution in [2.45, 2.75) is 51.1 Å². The number of nitrogens with zero attached hydrogens (tertiary/aromatic N) is 1. The lowest BCUT2D eigenvalue weighted by Crippen LogP contribution is -2.44. The molecule has 0 spiro atoms. The molecule has 27 heavy (non-hydrogen) atoms. The summed E-state index contributed by atoms with van der Waals surface area (Å²) < 4.78 is 53.6. The van der Waals surface area contributed by atoms with Gasteiger partial charge in [-0.2, -0.15) is 13.2 Å². The van der Waals surface area contributed by atoms with Gasteiger partial charge in [0.25, 0.3) is 0 Å². The Morgan fingerprint density at radius 3 is 2.19 bits per heavy atom. The molecule has 0 aromatic heterocycles. The third-order valence-electron chi connectivity index (χ3n) is 3.85. The molecule has 1 aromatic carbocycles. The average molecular weight is 389 g/mol. The van der Waals surface area contributed by atoms with Crippen LogP contribution in [0.15, 0.2) is 24.3 Å². The molecule has 2 rings (SSSR count). The number of likely N-dealkylation sites (tertiary alicyclic amines) is 1. The third-order valence-corrected chi connectivity index (χ3v) is 3.85. The predicted molar refractivity (Wildman–Crippen MR) is 89.2 cm³/mol. The van der Waals surface area contributed by atoms with Gasteiger partial charge in [-0.15, -0.1) is 0 Å². The number of carbonyl (C=O) groups excluding carboxylic acids is 2. The molecule has 2 unspecified atom stereocenters. The lowest BCUT2D eigenvalue weighted by Gasteiger charge is -2.27. The normalized spacial score (nSPS) is 20.3. The molecule has 0 aliphatic carbocycles. The minimum atomic E-state index is -4.44. The summed E-state index contributed by atoms with van der Waals surface area (Å²) in [5, 5.41) is 0. The number of hydrogen-bond donors (Lipinski definition) is 0. The first-order chi connectivity index (χ1) is 12.4. The van der Waals surface area contributed by atoms with Crippen LogP contribution in [0.5, 0.6) is 5.75 Å². The maximum Gasteiger partial charge on any atom is 0.416 e. The maximum atomic E-state index is 12.6. The molecule has 1 aliphatic heterocycles. The number of carbonyl (C=O) groups is 2. The number of esters is 1. The Morgan fingerprint density at radius 2 is 1.70 bits per heavy atom. The predicted octanol–water partition coefficient (Wildman–Crippen LogP) is 3.64. The van der Waals surface area contributed by atoms with E-state index in [2.05, 4.69) is 0 Å². The minimum Gasteiger partial charge on any atom is -0.488 e. The van der Waals surface area contributed by atoms with Crippen LogP contribution in [0.2, 0.25) is 0 Å². The molecule has 1 aliphatic rings. The van der Waals surface area contributed by atoms with Crippen molar-refractivity contribution in [3.05, 3.63) is 29.8 Å². The monoisotopic (exact) mass is 389 g/mol. The highest BCUT2D eigenvalue weighted by atomic mass is 19.4. The smallest absolute Gasteiger partial charge is 0.416 e. The molecule has 1 amide bonds. The summed E-state index contributed by atoms with van der Waals surface area (Å²) in [6, 6.07) is 3.34. The SMILES string of the molecule is COC(=O)C1CC(Oc2ccc(C(F)(F)F)cc2)CN1C(=O)OC(C)(C)C. The van der Waals surface area contributed by atoms with Crippen LogP contribution in [0.4, 0.5) is 18.0 Å². The van der Waals surface area contributed by atoms with Crippen molar-refractivity contribution in [1.29, 1.82) is 0 Å². The molecule has 1 aromatic rings. The second-order valence-electron chi connectivity index (χ2n) is 7.17. The number of hydrogen-bond acceptors (Lipinski definition) is 5. The standard InChI is InChI=1S/C18H22F3NO5/c1-17(2,3)27-16(24)22-10-13(9-14(22)15(23)25-4)26-12-7-5-11(6-8-12)18(19,20)21/h5-8,13-14H,9-10H2,1-4H3. The van der Waals surface area contributed by atoms with Crippen LogP contribution in [0, 0.1) is 0 Å². The number of amides is 1. The summed E-state index contributed by atoms with van der Waals surface area (Å²) in [6.07, 6.45) is -5.56. The van der Waals surface area contributed by atoms with Crippen molar-refractivity contribution in [2.24, 2.45) is 0 Å². The molecular weight excluding hydrogens is 367 g/mol. The van der Waals surface area contributed by atoms with Gasteiger partial charge in [0.15, 0.2) is 0 Å². The number of methoxy groups -OCH3 is 1. The quantitative estimate of drug-likeness (QED) is 0.739. The Balaban J connectivity index is 2.10. The van der Waals surface area contributed by atoms with Gasteiger partial charge in [0, 0.05) is 6.42 Å². The van der Waals surface area contributed by atoms with E-state index in [1.165, 1.54) is 24.1 Å². The Labute approximate surface area is 155 Å². The van der Waals surface area contributed by atoms with Crippen LogP contribution in [0.25, 0.3) is 0 Å². The van der Waals surface area contributed by atoms with E-state index < -0.39 is 41.5 Å². The number of alkyl halides is 3. The van der Waals surface area contributed by atoms with E-state index in [0.717, 1.165) is 12.1 Å². The van der Waals surface area contributed by atoms with E-state index in [-0.39, 0.29) is 18.7 Å². The van der Waals surface area contributed by atoms with Gasteiger partial charge in [0.1, 0.15) is 23.5 Å². The Hall–Kier alpha value is -2.45. The van der Waals surface area contributed by atoms with E-state index in [9.17, 15) is 22.8 Å². The molecule has 0 radical (unpaired) electrons. The van der Waals surface area contributed by atoms with Gasteiger partial charge in [-0.1, -0.05) is 0 Å². The van der Waals surface area contributed by atoms with Crippen molar-refractivity contribution in [3.63, 3.8) is 0 Å². The van der Waals surface area contributed by atoms with Crippen LogP contribution >= 0.6 is 0 Å². The fourth-order valence-corrected chi connectivity index (χ4v) is 2.68. The van der Waals surface area contributed by atoms with Gasteiger partial charge in [0.05, 0.1) is 19.2 Å². The second-order valence-corrected chi connectivity index (χ2v) is 7.17. The zero-order valence-corrected chi connectivity index (χ0v) is 15.5. The molecule has 2 atom stereocenters. The van der Waals surface area contributed by atoms with E-state index in [4.69, 9.17) is 14.2 Å². The number of rotatable bonds is 3. The largest absolute Gasteiger partial charge is 0.488 e. The molecule has 9 heteroatoms. The van der Waals surface area contributed by atoms with Crippen molar-refractivity contribution in [1.82, 2.24) is 4.90 Å². The zero-order valence-electron chi connectivity index (χ0n) is 15.5. The van der Waals surface area contributed by atoms with Crippen molar-refractivity contribution in [2.75, 3.05) is 13.7 Å². The first-order valence-corrected chi connectivity index (χ1v) is 8.32. The fraction of sp³-hybridized carbons (Fsp3) is 0.556. The van der Waals surface area contributed by atoms with Gasteiger partial charge in [-0.3, -0.25) is 4.90 Å². The van der Waals surface area contributed by atoms with E-state index in [1.807, 2.05) is 0 Å². The highest BCUT2D eigenvalue weighted by molar-refractivity contribution is 5.82.